The summed E-state index contributed by atoms with van der Waals surface area (Å²) >= 11 is 0. The van der Waals surface area contributed by atoms with Crippen LogP contribution < -0.4 is 4.74 Å². The first-order valence-electron chi connectivity index (χ1n) is 2.52. The topological polar surface area (TPSA) is 53.0 Å². The van der Waals surface area contributed by atoms with E-state index in [0.717, 1.165) is 0 Å². The first-order chi connectivity index (χ1) is 4.29. The predicted molar refractivity (Wildman–Crippen MR) is 29.8 cm³/mol. The van der Waals surface area contributed by atoms with E-state index in [1.54, 1.807) is 6.07 Å². The van der Waals surface area contributed by atoms with Crippen molar-refractivity contribution in [1.82, 2.24) is 0 Å². The van der Waals surface area contributed by atoms with Gasteiger partial charge >= 0.3 is 0 Å². The van der Waals surface area contributed by atoms with Gasteiger partial charge < -0.3 is 14.9 Å². The number of fused-ring (bicyclic) bond motifs is 1. The van der Waals surface area contributed by atoms with Crippen molar-refractivity contribution in [3.8, 4) is 23.0 Å². The first-order valence-corrected chi connectivity index (χ1v) is 2.52. The summed E-state index contributed by atoms with van der Waals surface area (Å²) in [4.78, 5) is 0. The Morgan fingerprint density at radius 1 is 1.22 bits per heavy atom. The zero-order valence-electron chi connectivity index (χ0n) is 4.46. The smallest absolute Gasteiger partial charge is 0.215 e. The Balaban J connectivity index is 2.70. The van der Waals surface area contributed by atoms with Crippen molar-refractivity contribution >= 4 is 0 Å². The molecular formula is C6H4O3. The molecule has 2 rings (SSSR count). The van der Waals surface area contributed by atoms with Crippen LogP contribution in [0.1, 0.15) is 0 Å². The van der Waals surface area contributed by atoms with E-state index in [2.05, 4.69) is 0 Å². The fourth-order valence-electron chi connectivity index (χ4n) is 0.709. The minimum absolute atomic E-state index is 0.133. The molecule has 0 saturated carbocycles. The number of benzene rings is 1. The molecule has 0 spiro atoms. The van der Waals surface area contributed by atoms with Crippen molar-refractivity contribution in [2.24, 2.45) is 0 Å². The molecule has 1 aliphatic rings. The van der Waals surface area contributed by atoms with Crippen LogP contribution in [0.15, 0.2) is 12.1 Å². The number of ether oxygens (including phenoxy) is 1. The van der Waals surface area contributed by atoms with Crippen molar-refractivity contribution in [3.63, 3.8) is 0 Å². The van der Waals surface area contributed by atoms with Gasteiger partial charge in [0.25, 0.3) is 0 Å². The number of hydrogen-bond acceptors (Lipinski definition) is 3. The third-order valence-electron chi connectivity index (χ3n) is 1.24. The predicted octanol–water partition coefficient (Wildman–Crippen LogP) is 1.20. The van der Waals surface area contributed by atoms with Crippen molar-refractivity contribution in [1.29, 1.82) is 0 Å². The van der Waals surface area contributed by atoms with Gasteiger partial charge in [0.05, 0.1) is 0 Å². The summed E-state index contributed by atoms with van der Waals surface area (Å²) in [6, 6.07) is 2.99. The average molecular weight is 124 g/mol. The zero-order valence-corrected chi connectivity index (χ0v) is 4.46. The van der Waals surface area contributed by atoms with Crippen LogP contribution in [0.5, 0.6) is 23.0 Å². The maximum atomic E-state index is 8.88. The lowest BCUT2D eigenvalue weighted by atomic mass is 10.3. The quantitative estimate of drug-likeness (QED) is 0.410. The Labute approximate surface area is 51.1 Å². The van der Waals surface area contributed by atoms with E-state index in [-0.39, 0.29) is 11.5 Å². The minimum atomic E-state index is -0.160. The summed E-state index contributed by atoms with van der Waals surface area (Å²) in [7, 11) is 0. The van der Waals surface area contributed by atoms with Crippen molar-refractivity contribution < 1.29 is 14.9 Å². The summed E-state index contributed by atoms with van der Waals surface area (Å²) in [5.41, 5.74) is 0. The molecule has 0 amide bonds. The maximum Gasteiger partial charge on any atom is 0.215 e. The van der Waals surface area contributed by atoms with Crippen LogP contribution in [0.4, 0.5) is 0 Å². The standard InChI is InChI=1S/C6H4O3/c7-3-1-2-4-6(9-4)5(3)8/h1-2,7-8H. The fraction of sp³-hybridized carbons (Fsp3) is 0. The normalized spacial score (nSPS) is 12.0. The van der Waals surface area contributed by atoms with Gasteiger partial charge in [-0.25, -0.2) is 0 Å². The SMILES string of the molecule is Oc1ccc2c(c1O)O2. The first kappa shape index (κ1) is 4.49. The highest BCUT2D eigenvalue weighted by atomic mass is 16.6. The number of aromatic hydroxyl groups is 2. The van der Waals surface area contributed by atoms with E-state index in [1.165, 1.54) is 6.07 Å². The molecule has 0 radical (unpaired) electrons. The maximum absolute atomic E-state index is 8.88. The lowest BCUT2D eigenvalue weighted by Gasteiger charge is -1.87. The van der Waals surface area contributed by atoms with Crippen LogP contribution in [0, 0.1) is 0 Å². The molecule has 0 saturated heterocycles. The molecule has 0 aromatic heterocycles. The van der Waals surface area contributed by atoms with Gasteiger partial charge in [-0.3, -0.25) is 0 Å². The second-order valence-electron chi connectivity index (χ2n) is 1.86. The molecule has 3 heteroatoms. The molecule has 0 unspecified atom stereocenters. The summed E-state index contributed by atoms with van der Waals surface area (Å²) in [6.45, 7) is 0. The van der Waals surface area contributed by atoms with Crippen LogP contribution in [-0.4, -0.2) is 10.2 Å². The molecule has 1 aromatic rings. The summed E-state index contributed by atoms with van der Waals surface area (Å²) in [5, 5.41) is 17.7. The molecule has 0 aliphatic carbocycles. The molecule has 0 bridgehead atoms. The van der Waals surface area contributed by atoms with E-state index in [0.29, 0.717) is 11.5 Å². The molecule has 3 nitrogen and oxygen atoms in total. The van der Waals surface area contributed by atoms with Gasteiger partial charge in [-0.05, 0) is 12.1 Å². The van der Waals surface area contributed by atoms with E-state index in [9.17, 15) is 0 Å². The minimum Gasteiger partial charge on any atom is -0.504 e. The highest BCUT2D eigenvalue weighted by Crippen LogP contribution is 2.55. The van der Waals surface area contributed by atoms with Crippen LogP contribution >= 0.6 is 0 Å². The van der Waals surface area contributed by atoms with Crippen LogP contribution in [0.2, 0.25) is 0 Å². The molecule has 2 N–H and O–H groups in total. The van der Waals surface area contributed by atoms with Crippen LogP contribution in [0.25, 0.3) is 0 Å². The molecule has 1 heterocycles. The lowest BCUT2D eigenvalue weighted by Crippen LogP contribution is -1.58. The Kier molecular flexibility index (Phi) is 0.563. The number of phenols is 2. The Morgan fingerprint density at radius 3 is 2.67 bits per heavy atom. The second-order valence-corrected chi connectivity index (χ2v) is 1.86. The van der Waals surface area contributed by atoms with E-state index >= 15 is 0 Å². The molecule has 0 fully saturated rings. The number of hydrogen-bond donors (Lipinski definition) is 2. The van der Waals surface area contributed by atoms with E-state index in [1.807, 2.05) is 0 Å². The number of rotatable bonds is 0. The Hall–Kier alpha value is -1.38. The van der Waals surface area contributed by atoms with Crippen molar-refractivity contribution in [3.05, 3.63) is 12.1 Å². The molecule has 46 valence electrons. The lowest BCUT2D eigenvalue weighted by molar-refractivity contribution is 0.400. The third kappa shape index (κ3) is 0.455. The molecule has 1 aromatic carbocycles. The average Bonchev–Trinajstić information content (AvgIpc) is 2.58. The van der Waals surface area contributed by atoms with Gasteiger partial charge in [-0.2, -0.15) is 0 Å². The molecule has 1 aliphatic heterocycles. The Bertz CT molecular complexity index is 264. The van der Waals surface area contributed by atoms with Crippen molar-refractivity contribution in [2.75, 3.05) is 0 Å². The van der Waals surface area contributed by atoms with Crippen LogP contribution in [0.3, 0.4) is 0 Å². The molecule has 9 heavy (non-hydrogen) atoms. The molecular weight excluding hydrogens is 120 g/mol. The largest absolute Gasteiger partial charge is 0.504 e. The van der Waals surface area contributed by atoms with Crippen molar-refractivity contribution in [2.45, 2.75) is 0 Å². The fourth-order valence-corrected chi connectivity index (χ4v) is 0.709. The third-order valence-corrected chi connectivity index (χ3v) is 1.24. The van der Waals surface area contributed by atoms with Gasteiger partial charge in [0, 0.05) is 0 Å². The summed E-state index contributed by atoms with van der Waals surface area (Å²) in [5.74, 6) is 0.749. The highest BCUT2D eigenvalue weighted by Gasteiger charge is 2.26. The van der Waals surface area contributed by atoms with Gasteiger partial charge in [0.1, 0.15) is 0 Å². The summed E-state index contributed by atoms with van der Waals surface area (Å²) < 4.78 is 4.74. The Morgan fingerprint density at radius 2 is 2.00 bits per heavy atom. The van der Waals surface area contributed by atoms with E-state index in [4.69, 9.17) is 14.9 Å². The highest BCUT2D eigenvalue weighted by molar-refractivity contribution is 5.67. The summed E-state index contributed by atoms with van der Waals surface area (Å²) in [6.07, 6.45) is 0. The van der Waals surface area contributed by atoms with Gasteiger partial charge in [-0.15, -0.1) is 0 Å². The van der Waals surface area contributed by atoms with Crippen LogP contribution in [-0.2, 0) is 0 Å². The van der Waals surface area contributed by atoms with E-state index < -0.39 is 0 Å². The van der Waals surface area contributed by atoms with Gasteiger partial charge in [-0.1, -0.05) is 0 Å². The second kappa shape index (κ2) is 1.13. The zero-order chi connectivity index (χ0) is 6.43. The van der Waals surface area contributed by atoms with Gasteiger partial charge in [0.15, 0.2) is 11.5 Å². The number of phenolic OH excluding ortho intramolecular Hbond substituents is 2. The molecule has 0 atom stereocenters. The monoisotopic (exact) mass is 124 g/mol. The van der Waals surface area contributed by atoms with Gasteiger partial charge in [0.2, 0.25) is 11.5 Å².